The minimum absolute atomic E-state index is 0.142. The van der Waals surface area contributed by atoms with E-state index in [0.29, 0.717) is 0 Å². The van der Waals surface area contributed by atoms with Gasteiger partial charge in [-0.1, -0.05) is 13.3 Å². The second-order valence-corrected chi connectivity index (χ2v) is 5.30. The molecule has 18 heavy (non-hydrogen) atoms. The summed E-state index contributed by atoms with van der Waals surface area (Å²) in [6.07, 6.45) is 5.24. The average molecular weight is 245 g/mol. The number of hydrogen-bond donors (Lipinski definition) is 0. The number of carbonyl (C=O) groups is 1. The Bertz CT molecular complexity index is 396. The molecule has 0 radical (unpaired) electrons. The molecule has 0 aromatic heterocycles. The maximum absolute atomic E-state index is 11.3. The number of rotatable bonds is 3. The number of ketones is 1. The van der Waals surface area contributed by atoms with Gasteiger partial charge in [0.25, 0.3) is 0 Å². The zero-order valence-corrected chi connectivity index (χ0v) is 11.5. The molecule has 2 heteroatoms. The van der Waals surface area contributed by atoms with Crippen molar-refractivity contribution in [1.82, 2.24) is 0 Å². The van der Waals surface area contributed by atoms with E-state index in [1.807, 2.05) is 12.1 Å². The minimum Gasteiger partial charge on any atom is -0.372 e. The van der Waals surface area contributed by atoms with Gasteiger partial charge in [0.1, 0.15) is 0 Å². The van der Waals surface area contributed by atoms with Crippen molar-refractivity contribution in [1.29, 1.82) is 0 Å². The highest BCUT2D eigenvalue weighted by Gasteiger charge is 2.15. The molecule has 1 fully saturated rings. The molecule has 1 aliphatic rings. The molecule has 1 heterocycles. The summed E-state index contributed by atoms with van der Waals surface area (Å²) in [6, 6.07) is 8.06. The van der Waals surface area contributed by atoms with Crippen LogP contribution in [0.5, 0.6) is 0 Å². The summed E-state index contributed by atoms with van der Waals surface area (Å²) in [5.41, 5.74) is 2.07. The zero-order valence-electron chi connectivity index (χ0n) is 11.5. The third kappa shape index (κ3) is 3.12. The Kier molecular flexibility index (Phi) is 4.40. The molecule has 1 saturated heterocycles. The summed E-state index contributed by atoms with van der Waals surface area (Å²) in [4.78, 5) is 13.7. The van der Waals surface area contributed by atoms with Crippen LogP contribution in [-0.2, 0) is 0 Å². The molecule has 0 spiro atoms. The van der Waals surface area contributed by atoms with Crippen molar-refractivity contribution in [2.24, 2.45) is 5.92 Å². The molecule has 2 nitrogen and oxygen atoms in total. The van der Waals surface area contributed by atoms with Crippen molar-refractivity contribution < 1.29 is 4.79 Å². The molecule has 1 unspecified atom stereocenters. The van der Waals surface area contributed by atoms with Gasteiger partial charge in [-0.05, 0) is 56.4 Å². The largest absolute Gasteiger partial charge is 0.372 e. The summed E-state index contributed by atoms with van der Waals surface area (Å²) >= 11 is 0. The van der Waals surface area contributed by atoms with Gasteiger partial charge in [0, 0.05) is 24.3 Å². The van der Waals surface area contributed by atoms with Gasteiger partial charge in [0.15, 0.2) is 5.78 Å². The minimum atomic E-state index is 0.142. The summed E-state index contributed by atoms with van der Waals surface area (Å²) in [6.45, 7) is 6.21. The predicted molar refractivity (Wildman–Crippen MR) is 76.3 cm³/mol. The first-order valence-corrected chi connectivity index (χ1v) is 7.06. The van der Waals surface area contributed by atoms with Gasteiger partial charge >= 0.3 is 0 Å². The Balaban J connectivity index is 2.04. The normalized spacial score (nSPS) is 20.6. The Labute approximate surface area is 110 Å². The van der Waals surface area contributed by atoms with Crippen LogP contribution >= 0.6 is 0 Å². The van der Waals surface area contributed by atoms with Crippen LogP contribution in [0.15, 0.2) is 24.3 Å². The van der Waals surface area contributed by atoms with E-state index in [0.717, 1.165) is 24.6 Å². The van der Waals surface area contributed by atoms with Crippen molar-refractivity contribution in [3.8, 4) is 0 Å². The maximum atomic E-state index is 11.3. The number of carbonyl (C=O) groups excluding carboxylic acids is 1. The van der Waals surface area contributed by atoms with E-state index in [9.17, 15) is 4.79 Å². The lowest BCUT2D eigenvalue weighted by Gasteiger charge is -2.23. The number of benzene rings is 1. The van der Waals surface area contributed by atoms with Crippen molar-refractivity contribution >= 4 is 11.5 Å². The molecule has 1 aromatic carbocycles. The van der Waals surface area contributed by atoms with Crippen LogP contribution in [0.4, 0.5) is 5.69 Å². The van der Waals surface area contributed by atoms with Crippen LogP contribution in [-0.4, -0.2) is 18.9 Å². The van der Waals surface area contributed by atoms with E-state index in [4.69, 9.17) is 0 Å². The van der Waals surface area contributed by atoms with Gasteiger partial charge in [-0.15, -0.1) is 0 Å². The summed E-state index contributed by atoms with van der Waals surface area (Å²) in [7, 11) is 0. The van der Waals surface area contributed by atoms with E-state index >= 15 is 0 Å². The highest BCUT2D eigenvalue weighted by Crippen LogP contribution is 2.24. The Morgan fingerprint density at radius 1 is 1.22 bits per heavy atom. The van der Waals surface area contributed by atoms with Crippen LogP contribution in [0.1, 0.15) is 49.9 Å². The second kappa shape index (κ2) is 6.03. The molecule has 1 atom stereocenters. The number of nitrogens with zero attached hydrogens (tertiary/aromatic N) is 1. The summed E-state index contributed by atoms with van der Waals surface area (Å²) in [5, 5.41) is 0. The van der Waals surface area contributed by atoms with E-state index < -0.39 is 0 Å². The lowest BCUT2D eigenvalue weighted by Crippen LogP contribution is -2.24. The molecule has 0 saturated carbocycles. The fourth-order valence-electron chi connectivity index (χ4n) is 2.74. The average Bonchev–Trinajstić information content (AvgIpc) is 2.64. The SMILES string of the molecule is CCC1CCCN(c2ccc(C(C)=O)cc2)CC1. The third-order valence-corrected chi connectivity index (χ3v) is 4.06. The molecule has 0 N–H and O–H groups in total. The predicted octanol–water partition coefficient (Wildman–Crippen LogP) is 3.91. The van der Waals surface area contributed by atoms with Crippen LogP contribution < -0.4 is 4.90 Å². The zero-order chi connectivity index (χ0) is 13.0. The molecule has 1 aromatic rings. The number of Topliss-reactive ketones (excluding diaryl/α,β-unsaturated/α-hetero) is 1. The lowest BCUT2D eigenvalue weighted by molar-refractivity contribution is 0.101. The van der Waals surface area contributed by atoms with E-state index in [2.05, 4.69) is 24.0 Å². The van der Waals surface area contributed by atoms with Gasteiger partial charge < -0.3 is 4.90 Å². The van der Waals surface area contributed by atoms with Crippen molar-refractivity contribution in [3.05, 3.63) is 29.8 Å². The molecule has 2 rings (SSSR count). The number of hydrogen-bond acceptors (Lipinski definition) is 2. The molecule has 1 aliphatic heterocycles. The van der Waals surface area contributed by atoms with Crippen LogP contribution in [0.25, 0.3) is 0 Å². The van der Waals surface area contributed by atoms with E-state index in [-0.39, 0.29) is 5.78 Å². The molecular formula is C16H23NO. The van der Waals surface area contributed by atoms with Crippen molar-refractivity contribution in [2.75, 3.05) is 18.0 Å². The fraction of sp³-hybridized carbons (Fsp3) is 0.562. The van der Waals surface area contributed by atoms with Gasteiger partial charge in [-0.25, -0.2) is 0 Å². The third-order valence-electron chi connectivity index (χ3n) is 4.06. The van der Waals surface area contributed by atoms with Crippen molar-refractivity contribution in [3.63, 3.8) is 0 Å². The summed E-state index contributed by atoms with van der Waals surface area (Å²) in [5.74, 6) is 1.04. The molecule has 0 aliphatic carbocycles. The monoisotopic (exact) mass is 245 g/mol. The summed E-state index contributed by atoms with van der Waals surface area (Å²) < 4.78 is 0. The fourth-order valence-corrected chi connectivity index (χ4v) is 2.74. The maximum Gasteiger partial charge on any atom is 0.159 e. The smallest absolute Gasteiger partial charge is 0.159 e. The van der Waals surface area contributed by atoms with Crippen LogP contribution in [0.2, 0.25) is 0 Å². The standard InChI is InChI=1S/C16H23NO/c1-3-14-5-4-11-17(12-10-14)16-8-6-15(7-9-16)13(2)18/h6-9,14H,3-5,10-12H2,1-2H3. The Hall–Kier alpha value is -1.31. The molecule has 0 amide bonds. The molecule has 98 valence electrons. The van der Waals surface area contributed by atoms with Gasteiger partial charge in [-0.3, -0.25) is 4.79 Å². The van der Waals surface area contributed by atoms with E-state index in [1.54, 1.807) is 6.92 Å². The highest BCUT2D eigenvalue weighted by molar-refractivity contribution is 5.94. The van der Waals surface area contributed by atoms with Gasteiger partial charge in [0.2, 0.25) is 0 Å². The van der Waals surface area contributed by atoms with Crippen LogP contribution in [0.3, 0.4) is 0 Å². The second-order valence-electron chi connectivity index (χ2n) is 5.30. The van der Waals surface area contributed by atoms with Crippen LogP contribution in [0, 0.1) is 5.92 Å². The van der Waals surface area contributed by atoms with Crippen molar-refractivity contribution in [2.45, 2.75) is 39.5 Å². The van der Waals surface area contributed by atoms with Gasteiger partial charge in [0.05, 0.1) is 0 Å². The Morgan fingerprint density at radius 3 is 2.56 bits per heavy atom. The van der Waals surface area contributed by atoms with Gasteiger partial charge in [-0.2, -0.15) is 0 Å². The first-order chi connectivity index (χ1) is 8.70. The lowest BCUT2D eigenvalue weighted by atomic mass is 9.98. The topological polar surface area (TPSA) is 20.3 Å². The quantitative estimate of drug-likeness (QED) is 0.753. The Morgan fingerprint density at radius 2 is 1.94 bits per heavy atom. The molecule has 0 bridgehead atoms. The molecular weight excluding hydrogens is 222 g/mol. The van der Waals surface area contributed by atoms with E-state index in [1.165, 1.54) is 31.4 Å². The number of anilines is 1. The first-order valence-electron chi connectivity index (χ1n) is 7.06. The first kappa shape index (κ1) is 13.1. The highest BCUT2D eigenvalue weighted by atomic mass is 16.1.